The summed E-state index contributed by atoms with van der Waals surface area (Å²) >= 11 is 3.56. The molecule has 0 bridgehead atoms. The van der Waals surface area contributed by atoms with Crippen LogP contribution in [0.2, 0.25) is 0 Å². The van der Waals surface area contributed by atoms with Crippen molar-refractivity contribution in [3.8, 4) is 0 Å². The van der Waals surface area contributed by atoms with E-state index in [-0.39, 0.29) is 11.7 Å². The molecule has 4 nitrogen and oxygen atoms in total. The first-order valence-electron chi connectivity index (χ1n) is 9.50. The standard InChI is InChI=1S/C22H24BrNO3S2/c1-28(26)16-22(25)24(15-17-9-5-6-12-19(17)23)20-13-7-8-14-21(20)29(27)18-10-3-2-4-11-18/h2-6,9-12H,7-8,13-16H2,1H3. The van der Waals surface area contributed by atoms with E-state index in [1.54, 1.807) is 4.90 Å². The Morgan fingerprint density at radius 3 is 2.34 bits per heavy atom. The summed E-state index contributed by atoms with van der Waals surface area (Å²) < 4.78 is 26.0. The van der Waals surface area contributed by atoms with Crippen molar-refractivity contribution >= 4 is 43.4 Å². The molecule has 0 radical (unpaired) electrons. The van der Waals surface area contributed by atoms with E-state index >= 15 is 0 Å². The molecular weight excluding hydrogens is 470 g/mol. The van der Waals surface area contributed by atoms with Crippen LogP contribution in [0.1, 0.15) is 31.2 Å². The molecule has 1 aliphatic carbocycles. The maximum atomic E-state index is 13.3. The maximum Gasteiger partial charge on any atom is 0.239 e. The fourth-order valence-corrected chi connectivity index (χ4v) is 5.77. The van der Waals surface area contributed by atoms with Gasteiger partial charge in [-0.15, -0.1) is 0 Å². The molecule has 2 unspecified atom stereocenters. The first kappa shape index (κ1) is 22.1. The van der Waals surface area contributed by atoms with Gasteiger partial charge in [-0.05, 0) is 49.4 Å². The number of halogens is 1. The van der Waals surface area contributed by atoms with Gasteiger partial charge in [-0.1, -0.05) is 52.3 Å². The SMILES string of the molecule is CS(=O)CC(=O)N(Cc1ccccc1Br)C1=C(S(=O)c2ccccc2)CCCC1. The summed E-state index contributed by atoms with van der Waals surface area (Å²) in [5.41, 5.74) is 1.79. The molecule has 2 atom stereocenters. The van der Waals surface area contributed by atoms with Gasteiger partial charge in [0.05, 0.1) is 17.3 Å². The lowest BCUT2D eigenvalue weighted by Gasteiger charge is -2.31. The molecule has 2 aromatic rings. The molecular formula is C22H24BrNO3S2. The van der Waals surface area contributed by atoms with Gasteiger partial charge in [-0.2, -0.15) is 0 Å². The molecule has 3 rings (SSSR count). The van der Waals surface area contributed by atoms with Crippen molar-refractivity contribution in [3.63, 3.8) is 0 Å². The molecule has 0 fully saturated rings. The second-order valence-corrected chi connectivity index (χ2v) is 10.7. The highest BCUT2D eigenvalue weighted by molar-refractivity contribution is 9.10. The Balaban J connectivity index is 2.04. The van der Waals surface area contributed by atoms with Crippen LogP contribution in [-0.4, -0.2) is 31.2 Å². The number of carbonyl (C=O) groups excluding carboxylic acids is 1. The molecule has 0 spiro atoms. The summed E-state index contributed by atoms with van der Waals surface area (Å²) in [5.74, 6) is -0.236. The van der Waals surface area contributed by atoms with Crippen LogP contribution in [0.4, 0.5) is 0 Å². The van der Waals surface area contributed by atoms with Gasteiger partial charge in [0, 0.05) is 37.0 Å². The van der Waals surface area contributed by atoms with Crippen LogP contribution in [0.15, 0.2) is 74.6 Å². The number of amides is 1. The van der Waals surface area contributed by atoms with Crippen LogP contribution in [-0.2, 0) is 32.9 Å². The Labute approximate surface area is 185 Å². The largest absolute Gasteiger partial charge is 0.310 e. The van der Waals surface area contributed by atoms with Crippen molar-refractivity contribution in [2.45, 2.75) is 37.1 Å². The van der Waals surface area contributed by atoms with Gasteiger partial charge in [-0.25, -0.2) is 4.21 Å². The van der Waals surface area contributed by atoms with E-state index in [2.05, 4.69) is 15.9 Å². The van der Waals surface area contributed by atoms with Crippen molar-refractivity contribution in [2.75, 3.05) is 12.0 Å². The summed E-state index contributed by atoms with van der Waals surface area (Å²) in [6, 6.07) is 17.1. The van der Waals surface area contributed by atoms with Crippen molar-refractivity contribution in [1.82, 2.24) is 4.90 Å². The van der Waals surface area contributed by atoms with Gasteiger partial charge >= 0.3 is 0 Å². The third-order valence-electron chi connectivity index (χ3n) is 4.81. The van der Waals surface area contributed by atoms with E-state index in [1.165, 1.54) is 6.26 Å². The summed E-state index contributed by atoms with van der Waals surface area (Å²) in [5, 5.41) is 0. The fourth-order valence-electron chi connectivity index (χ4n) is 3.42. The zero-order chi connectivity index (χ0) is 20.8. The third kappa shape index (κ3) is 5.74. The van der Waals surface area contributed by atoms with Crippen molar-refractivity contribution in [1.29, 1.82) is 0 Å². The summed E-state index contributed by atoms with van der Waals surface area (Å²) in [4.78, 5) is 16.3. The Kier molecular flexibility index (Phi) is 7.98. The lowest BCUT2D eigenvalue weighted by atomic mass is 10.0. The molecule has 0 N–H and O–H groups in total. The second-order valence-electron chi connectivity index (χ2n) is 6.95. The topological polar surface area (TPSA) is 54.5 Å². The zero-order valence-corrected chi connectivity index (χ0v) is 19.5. The highest BCUT2D eigenvalue weighted by Crippen LogP contribution is 2.34. The third-order valence-corrected chi connectivity index (χ3v) is 7.83. The van der Waals surface area contributed by atoms with Gasteiger partial charge in [0.15, 0.2) is 0 Å². The van der Waals surface area contributed by atoms with Crippen LogP contribution in [0.25, 0.3) is 0 Å². The average molecular weight is 494 g/mol. The van der Waals surface area contributed by atoms with Gasteiger partial charge in [0.2, 0.25) is 5.91 Å². The quantitative estimate of drug-likeness (QED) is 0.558. The smallest absolute Gasteiger partial charge is 0.239 e. The van der Waals surface area contributed by atoms with E-state index in [4.69, 9.17) is 0 Å². The van der Waals surface area contributed by atoms with Crippen LogP contribution in [0, 0.1) is 0 Å². The van der Waals surface area contributed by atoms with Crippen molar-refractivity contribution in [2.24, 2.45) is 0 Å². The highest BCUT2D eigenvalue weighted by Gasteiger charge is 2.28. The molecule has 0 heterocycles. The van der Waals surface area contributed by atoms with Crippen LogP contribution >= 0.6 is 15.9 Å². The minimum atomic E-state index is -1.31. The number of hydrogen-bond acceptors (Lipinski definition) is 3. The number of hydrogen-bond donors (Lipinski definition) is 0. The Morgan fingerprint density at radius 1 is 1.00 bits per heavy atom. The number of benzene rings is 2. The van der Waals surface area contributed by atoms with E-state index in [9.17, 15) is 13.2 Å². The molecule has 0 aromatic heterocycles. The Morgan fingerprint density at radius 2 is 1.66 bits per heavy atom. The number of allylic oxidation sites excluding steroid dienone is 2. The first-order valence-corrected chi connectivity index (χ1v) is 13.2. The summed E-state index contributed by atoms with van der Waals surface area (Å²) in [7, 11) is -2.56. The van der Waals surface area contributed by atoms with Crippen LogP contribution in [0.5, 0.6) is 0 Å². The maximum absolute atomic E-state index is 13.3. The molecule has 0 saturated heterocycles. The highest BCUT2D eigenvalue weighted by atomic mass is 79.9. The fraction of sp³-hybridized carbons (Fsp3) is 0.318. The van der Waals surface area contributed by atoms with Gasteiger partial charge < -0.3 is 4.90 Å². The zero-order valence-electron chi connectivity index (χ0n) is 16.3. The molecule has 7 heteroatoms. The van der Waals surface area contributed by atoms with Gasteiger partial charge in [0.1, 0.15) is 5.75 Å². The molecule has 154 valence electrons. The van der Waals surface area contributed by atoms with Crippen molar-refractivity contribution in [3.05, 3.63) is 75.2 Å². The first-order chi connectivity index (χ1) is 14.0. The molecule has 1 aliphatic rings. The predicted octanol–water partition coefficient (Wildman–Crippen LogP) is 4.75. The average Bonchev–Trinajstić information content (AvgIpc) is 2.73. The molecule has 0 aliphatic heterocycles. The minimum Gasteiger partial charge on any atom is -0.310 e. The van der Waals surface area contributed by atoms with Crippen LogP contribution < -0.4 is 0 Å². The van der Waals surface area contributed by atoms with Crippen LogP contribution in [0.3, 0.4) is 0 Å². The number of carbonyl (C=O) groups is 1. The minimum absolute atomic E-state index is 0.0425. The van der Waals surface area contributed by atoms with E-state index in [0.717, 1.165) is 38.4 Å². The Bertz CT molecular complexity index is 960. The Hall–Kier alpha value is -1.57. The molecule has 1 amide bonds. The van der Waals surface area contributed by atoms with Gasteiger partial charge in [-0.3, -0.25) is 9.00 Å². The van der Waals surface area contributed by atoms with E-state index in [0.29, 0.717) is 19.4 Å². The summed E-state index contributed by atoms with van der Waals surface area (Å²) in [6.45, 7) is 0.363. The molecule has 29 heavy (non-hydrogen) atoms. The lowest BCUT2D eigenvalue weighted by Crippen LogP contribution is -2.35. The van der Waals surface area contributed by atoms with Gasteiger partial charge in [0.25, 0.3) is 0 Å². The van der Waals surface area contributed by atoms with E-state index in [1.807, 2.05) is 54.6 Å². The van der Waals surface area contributed by atoms with Crippen molar-refractivity contribution < 1.29 is 13.2 Å². The normalized spacial score (nSPS) is 16.3. The second kappa shape index (κ2) is 10.5. The number of nitrogens with zero attached hydrogens (tertiary/aromatic N) is 1. The molecule has 2 aromatic carbocycles. The molecule has 0 saturated carbocycles. The summed E-state index contributed by atoms with van der Waals surface area (Å²) in [6.07, 6.45) is 4.83. The monoisotopic (exact) mass is 493 g/mol. The predicted molar refractivity (Wildman–Crippen MR) is 122 cm³/mol. The lowest BCUT2D eigenvalue weighted by molar-refractivity contribution is -0.127. The van der Waals surface area contributed by atoms with E-state index < -0.39 is 21.6 Å². The number of rotatable bonds is 7.